The Morgan fingerprint density at radius 2 is 2.19 bits per heavy atom. The zero-order valence-electron chi connectivity index (χ0n) is 8.56. The lowest BCUT2D eigenvalue weighted by atomic mass is 10.5. The molecule has 90 valence electrons. The fourth-order valence-electron chi connectivity index (χ4n) is 1.54. The van der Waals surface area contributed by atoms with Crippen LogP contribution in [0.3, 0.4) is 0 Å². The summed E-state index contributed by atoms with van der Waals surface area (Å²) in [6, 6.07) is 1.76. The maximum Gasteiger partial charge on any atom is 0.253 e. The van der Waals surface area contributed by atoms with Gasteiger partial charge < -0.3 is 4.74 Å². The van der Waals surface area contributed by atoms with E-state index in [9.17, 15) is 8.42 Å². The van der Waals surface area contributed by atoms with Crippen molar-refractivity contribution in [1.82, 2.24) is 4.31 Å². The van der Waals surface area contributed by atoms with Crippen LogP contribution in [-0.4, -0.2) is 39.0 Å². The lowest BCUT2D eigenvalue weighted by molar-refractivity contribution is 0.148. The Bertz CT molecular complexity index is 449. The Kier molecular flexibility index (Phi) is 4.01. The van der Waals surface area contributed by atoms with Crippen molar-refractivity contribution in [2.75, 3.05) is 26.3 Å². The predicted molar refractivity (Wildman–Crippen MR) is 66.2 cm³/mol. The molecule has 0 spiro atoms. The third kappa shape index (κ3) is 2.48. The first-order valence-electron chi connectivity index (χ1n) is 4.93. The Hall–Kier alpha value is 0.0500. The molecule has 0 aromatic carbocycles. The highest BCUT2D eigenvalue weighted by Gasteiger charge is 2.28. The van der Waals surface area contributed by atoms with Gasteiger partial charge in [-0.15, -0.1) is 11.3 Å². The number of thiophene rings is 1. The quantitative estimate of drug-likeness (QED) is 0.834. The topological polar surface area (TPSA) is 46.6 Å². The Balaban J connectivity index is 2.27. The Morgan fingerprint density at radius 3 is 2.88 bits per heavy atom. The lowest BCUT2D eigenvalue weighted by Crippen LogP contribution is -2.32. The van der Waals surface area contributed by atoms with E-state index in [4.69, 9.17) is 4.74 Å². The van der Waals surface area contributed by atoms with E-state index in [1.165, 1.54) is 15.6 Å². The SMILES string of the molecule is O=S(=O)(c1sccc1Br)N1CCCOCC1. The second-order valence-electron chi connectivity index (χ2n) is 3.43. The van der Waals surface area contributed by atoms with E-state index in [-0.39, 0.29) is 0 Å². The molecule has 0 amide bonds. The number of hydrogen-bond acceptors (Lipinski definition) is 4. The van der Waals surface area contributed by atoms with E-state index >= 15 is 0 Å². The molecule has 0 unspecified atom stereocenters. The average molecular weight is 326 g/mol. The summed E-state index contributed by atoms with van der Waals surface area (Å²) in [6.45, 7) is 2.08. The van der Waals surface area contributed by atoms with Gasteiger partial charge in [-0.2, -0.15) is 4.31 Å². The number of nitrogens with zero attached hydrogens (tertiary/aromatic N) is 1. The normalized spacial score (nSPS) is 19.6. The van der Waals surface area contributed by atoms with E-state index in [0.717, 1.165) is 6.42 Å². The molecule has 1 aliphatic heterocycles. The summed E-state index contributed by atoms with van der Waals surface area (Å²) in [7, 11) is -3.35. The van der Waals surface area contributed by atoms with Crippen LogP contribution in [0.25, 0.3) is 0 Å². The average Bonchev–Trinajstić information content (AvgIpc) is 2.55. The van der Waals surface area contributed by atoms with Crippen molar-refractivity contribution >= 4 is 37.3 Å². The second-order valence-corrected chi connectivity index (χ2v) is 7.33. The molecule has 0 N–H and O–H groups in total. The highest BCUT2D eigenvalue weighted by Crippen LogP contribution is 2.30. The van der Waals surface area contributed by atoms with Gasteiger partial charge in [0.2, 0.25) is 0 Å². The minimum Gasteiger partial charge on any atom is -0.380 e. The smallest absolute Gasteiger partial charge is 0.253 e. The van der Waals surface area contributed by atoms with Crippen LogP contribution in [0.4, 0.5) is 0 Å². The van der Waals surface area contributed by atoms with E-state index < -0.39 is 10.0 Å². The largest absolute Gasteiger partial charge is 0.380 e. The summed E-state index contributed by atoms with van der Waals surface area (Å²) in [5, 5.41) is 1.77. The van der Waals surface area contributed by atoms with Crippen LogP contribution in [-0.2, 0) is 14.8 Å². The number of hydrogen-bond donors (Lipinski definition) is 0. The third-order valence-electron chi connectivity index (χ3n) is 2.34. The summed E-state index contributed by atoms with van der Waals surface area (Å²) in [6.07, 6.45) is 0.752. The van der Waals surface area contributed by atoms with Gasteiger partial charge in [0.05, 0.1) is 6.61 Å². The zero-order valence-corrected chi connectivity index (χ0v) is 11.8. The van der Waals surface area contributed by atoms with Crippen molar-refractivity contribution in [2.24, 2.45) is 0 Å². The maximum atomic E-state index is 12.3. The third-order valence-corrected chi connectivity index (χ3v) is 6.89. The molecule has 0 saturated carbocycles. The van der Waals surface area contributed by atoms with Crippen molar-refractivity contribution in [1.29, 1.82) is 0 Å². The van der Waals surface area contributed by atoms with E-state index in [1.807, 2.05) is 0 Å². The molecule has 0 radical (unpaired) electrons. The molecule has 1 aromatic rings. The molecule has 0 atom stereocenters. The van der Waals surface area contributed by atoms with Gasteiger partial charge in [-0.3, -0.25) is 0 Å². The molecule has 1 saturated heterocycles. The number of halogens is 1. The van der Waals surface area contributed by atoms with Crippen LogP contribution < -0.4 is 0 Å². The van der Waals surface area contributed by atoms with E-state index in [1.54, 1.807) is 11.4 Å². The van der Waals surface area contributed by atoms with Crippen molar-refractivity contribution in [2.45, 2.75) is 10.6 Å². The Labute approximate surface area is 107 Å². The number of sulfonamides is 1. The molecule has 0 aliphatic carbocycles. The zero-order chi connectivity index (χ0) is 11.6. The first kappa shape index (κ1) is 12.5. The molecular weight excluding hydrogens is 314 g/mol. The minimum absolute atomic E-state index is 0.384. The fraction of sp³-hybridized carbons (Fsp3) is 0.556. The van der Waals surface area contributed by atoms with Gasteiger partial charge >= 0.3 is 0 Å². The molecule has 2 heterocycles. The monoisotopic (exact) mass is 325 g/mol. The lowest BCUT2D eigenvalue weighted by Gasteiger charge is -2.18. The summed E-state index contributed by atoms with van der Waals surface area (Å²) < 4.78 is 32.3. The van der Waals surface area contributed by atoms with Crippen LogP contribution in [0.1, 0.15) is 6.42 Å². The molecule has 4 nitrogen and oxygen atoms in total. The highest BCUT2D eigenvalue weighted by molar-refractivity contribution is 9.10. The van der Waals surface area contributed by atoms with Crippen molar-refractivity contribution in [3.8, 4) is 0 Å². The Morgan fingerprint density at radius 1 is 1.38 bits per heavy atom. The summed E-state index contributed by atoms with van der Waals surface area (Å²) in [4.78, 5) is 0. The van der Waals surface area contributed by atoms with Crippen molar-refractivity contribution in [3.05, 3.63) is 15.9 Å². The first-order valence-corrected chi connectivity index (χ1v) is 8.04. The van der Waals surface area contributed by atoms with E-state index in [0.29, 0.717) is 35.0 Å². The molecule has 0 bridgehead atoms. The van der Waals surface area contributed by atoms with Crippen LogP contribution >= 0.6 is 27.3 Å². The number of ether oxygens (including phenoxy) is 1. The van der Waals surface area contributed by atoms with Gasteiger partial charge in [0.1, 0.15) is 4.21 Å². The molecule has 1 aromatic heterocycles. The van der Waals surface area contributed by atoms with E-state index in [2.05, 4.69) is 15.9 Å². The first-order chi connectivity index (χ1) is 7.62. The van der Waals surface area contributed by atoms with Crippen molar-refractivity contribution in [3.63, 3.8) is 0 Å². The number of rotatable bonds is 2. The predicted octanol–water partition coefficient (Wildman–Crippen LogP) is 1.92. The van der Waals surface area contributed by atoms with Gasteiger partial charge in [-0.25, -0.2) is 8.42 Å². The molecular formula is C9H12BrNO3S2. The van der Waals surface area contributed by atoms with Crippen molar-refractivity contribution < 1.29 is 13.2 Å². The molecule has 7 heteroatoms. The standard InChI is InChI=1S/C9H12BrNO3S2/c10-8-2-7-15-9(8)16(12,13)11-3-1-5-14-6-4-11/h2,7H,1,3-6H2. The van der Waals surface area contributed by atoms with Crippen LogP contribution in [0.2, 0.25) is 0 Å². The molecule has 1 fully saturated rings. The highest BCUT2D eigenvalue weighted by atomic mass is 79.9. The summed E-state index contributed by atoms with van der Waals surface area (Å²) >= 11 is 4.50. The summed E-state index contributed by atoms with van der Waals surface area (Å²) in [5.74, 6) is 0. The summed E-state index contributed by atoms with van der Waals surface area (Å²) in [5.41, 5.74) is 0. The molecule has 16 heavy (non-hydrogen) atoms. The van der Waals surface area contributed by atoms with Crippen LogP contribution in [0.5, 0.6) is 0 Å². The molecule has 2 rings (SSSR count). The van der Waals surface area contributed by atoms with Crippen LogP contribution in [0, 0.1) is 0 Å². The fourth-order valence-corrected chi connectivity index (χ4v) is 5.46. The van der Waals surface area contributed by atoms with Gasteiger partial charge in [-0.1, -0.05) is 0 Å². The maximum absolute atomic E-state index is 12.3. The van der Waals surface area contributed by atoms with Gasteiger partial charge in [0.25, 0.3) is 10.0 Å². The molecule has 1 aliphatic rings. The van der Waals surface area contributed by atoms with Gasteiger partial charge in [-0.05, 0) is 33.8 Å². The van der Waals surface area contributed by atoms with Crippen LogP contribution in [0.15, 0.2) is 20.1 Å². The minimum atomic E-state index is -3.35. The van der Waals surface area contributed by atoms with Gasteiger partial charge in [0, 0.05) is 24.2 Å². The van der Waals surface area contributed by atoms with Gasteiger partial charge in [0.15, 0.2) is 0 Å². The second kappa shape index (κ2) is 5.14.